The van der Waals surface area contributed by atoms with Gasteiger partial charge in [0.05, 0.1) is 11.5 Å². The molecule has 3 N–H and O–H groups in total. The molecule has 88 valence electrons. The largest absolute Gasteiger partial charge is 0.388 e. The zero-order valence-corrected chi connectivity index (χ0v) is 10.0. The highest BCUT2D eigenvalue weighted by molar-refractivity contribution is 5.76. The van der Waals surface area contributed by atoms with E-state index in [0.717, 1.165) is 25.3 Å². The molecule has 0 spiro atoms. The van der Waals surface area contributed by atoms with Gasteiger partial charge in [0.25, 0.3) is 0 Å². The third-order valence-corrected chi connectivity index (χ3v) is 2.64. The normalized spacial score (nSPS) is 10.7. The van der Waals surface area contributed by atoms with Crippen molar-refractivity contribution in [3.8, 4) is 0 Å². The topological polar surface area (TPSA) is 66.0 Å². The van der Waals surface area contributed by atoms with Gasteiger partial charge in [-0.15, -0.1) is 0 Å². The van der Waals surface area contributed by atoms with Crippen molar-refractivity contribution in [1.29, 1.82) is 5.41 Å². The molecule has 0 fully saturated rings. The third kappa shape index (κ3) is 3.98. The molecule has 4 nitrogen and oxygen atoms in total. The Labute approximate surface area is 97.0 Å². The molecule has 0 aromatic carbocycles. The van der Waals surface area contributed by atoms with Gasteiger partial charge in [-0.25, -0.2) is 0 Å². The van der Waals surface area contributed by atoms with Gasteiger partial charge in [-0.05, 0) is 25.1 Å². The summed E-state index contributed by atoms with van der Waals surface area (Å²) < 4.78 is 0. The fraction of sp³-hybridized carbons (Fsp3) is 0.500. The highest BCUT2D eigenvalue weighted by atomic mass is 15.1. The lowest BCUT2D eigenvalue weighted by Gasteiger charge is -2.20. The van der Waals surface area contributed by atoms with Gasteiger partial charge >= 0.3 is 0 Å². The summed E-state index contributed by atoms with van der Waals surface area (Å²) in [6.07, 6.45) is 2.45. The van der Waals surface area contributed by atoms with Gasteiger partial charge in [0.1, 0.15) is 0 Å². The van der Waals surface area contributed by atoms with Gasteiger partial charge in [0.15, 0.2) is 0 Å². The van der Waals surface area contributed by atoms with Crippen LogP contribution in [0.4, 0.5) is 0 Å². The fourth-order valence-corrected chi connectivity index (χ4v) is 1.52. The van der Waals surface area contributed by atoms with E-state index in [0.29, 0.717) is 6.42 Å². The van der Waals surface area contributed by atoms with E-state index in [2.05, 4.69) is 29.8 Å². The minimum atomic E-state index is 0.246. The average molecular weight is 220 g/mol. The molecule has 1 rings (SSSR count). The van der Waals surface area contributed by atoms with E-state index in [-0.39, 0.29) is 5.84 Å². The molecule has 0 atom stereocenters. The molecule has 0 aliphatic carbocycles. The number of nitrogens with zero attached hydrogens (tertiary/aromatic N) is 2. The van der Waals surface area contributed by atoms with Crippen LogP contribution in [0.5, 0.6) is 0 Å². The first-order valence-corrected chi connectivity index (χ1v) is 5.59. The van der Waals surface area contributed by atoms with Gasteiger partial charge in [0, 0.05) is 25.7 Å². The smallest absolute Gasteiger partial charge is 0.0918 e. The quantitative estimate of drug-likeness (QED) is 0.564. The lowest BCUT2D eigenvalue weighted by atomic mass is 10.2. The first kappa shape index (κ1) is 12.6. The van der Waals surface area contributed by atoms with E-state index in [1.165, 1.54) is 5.56 Å². The van der Waals surface area contributed by atoms with E-state index in [1.807, 2.05) is 12.3 Å². The molecule has 16 heavy (non-hydrogen) atoms. The number of hydrogen-bond donors (Lipinski definition) is 2. The second-order valence-electron chi connectivity index (χ2n) is 3.91. The lowest BCUT2D eigenvalue weighted by molar-refractivity contribution is 0.284. The molecule has 0 saturated heterocycles. The number of amidine groups is 1. The van der Waals surface area contributed by atoms with Crippen LogP contribution in [0, 0.1) is 12.3 Å². The molecule has 1 heterocycles. The third-order valence-electron chi connectivity index (χ3n) is 2.64. The lowest BCUT2D eigenvalue weighted by Crippen LogP contribution is -2.28. The second-order valence-corrected chi connectivity index (χ2v) is 3.91. The summed E-state index contributed by atoms with van der Waals surface area (Å²) in [5.41, 5.74) is 7.68. The fourth-order valence-electron chi connectivity index (χ4n) is 1.52. The number of nitrogens with one attached hydrogen (secondary N) is 1. The van der Waals surface area contributed by atoms with Crippen molar-refractivity contribution in [2.24, 2.45) is 5.73 Å². The van der Waals surface area contributed by atoms with Gasteiger partial charge in [-0.2, -0.15) is 0 Å². The maximum Gasteiger partial charge on any atom is 0.0918 e. The predicted octanol–water partition coefficient (Wildman–Crippen LogP) is 1.54. The van der Waals surface area contributed by atoms with Crippen molar-refractivity contribution in [2.45, 2.75) is 26.8 Å². The molecule has 1 aromatic heterocycles. The molecule has 0 radical (unpaired) electrons. The molecule has 0 aliphatic rings. The summed E-state index contributed by atoms with van der Waals surface area (Å²) in [6.45, 7) is 6.78. The average Bonchev–Trinajstić information content (AvgIpc) is 2.26. The van der Waals surface area contributed by atoms with Gasteiger partial charge in [-0.1, -0.05) is 13.0 Å². The molecule has 4 heteroatoms. The van der Waals surface area contributed by atoms with Crippen LogP contribution in [0.3, 0.4) is 0 Å². The summed E-state index contributed by atoms with van der Waals surface area (Å²) in [5.74, 6) is 0.246. The van der Waals surface area contributed by atoms with Crippen LogP contribution < -0.4 is 5.73 Å². The zero-order chi connectivity index (χ0) is 12.0. The van der Waals surface area contributed by atoms with Gasteiger partial charge in [-0.3, -0.25) is 15.3 Å². The monoisotopic (exact) mass is 220 g/mol. The maximum atomic E-state index is 7.22. The van der Waals surface area contributed by atoms with Crippen LogP contribution in [0.1, 0.15) is 24.6 Å². The van der Waals surface area contributed by atoms with Crippen LogP contribution in [-0.4, -0.2) is 28.8 Å². The van der Waals surface area contributed by atoms with Crippen LogP contribution >= 0.6 is 0 Å². The molecule has 0 bridgehead atoms. The summed E-state index contributed by atoms with van der Waals surface area (Å²) in [7, 11) is 0. The SMILES string of the molecule is CCN(CCC(=N)N)Cc1ncccc1C. The van der Waals surface area contributed by atoms with Crippen molar-refractivity contribution in [3.63, 3.8) is 0 Å². The Balaban J connectivity index is 2.56. The van der Waals surface area contributed by atoms with E-state index in [1.54, 1.807) is 0 Å². The van der Waals surface area contributed by atoms with Crippen molar-refractivity contribution in [3.05, 3.63) is 29.6 Å². The number of aromatic nitrogens is 1. The number of rotatable bonds is 6. The Morgan fingerprint density at radius 1 is 1.56 bits per heavy atom. The number of aryl methyl sites for hydroxylation is 1. The van der Waals surface area contributed by atoms with Crippen LogP contribution in [0.2, 0.25) is 0 Å². The molecule has 0 amide bonds. The van der Waals surface area contributed by atoms with Gasteiger partial charge < -0.3 is 5.73 Å². The molecule has 0 saturated carbocycles. The Morgan fingerprint density at radius 3 is 2.88 bits per heavy atom. The van der Waals surface area contributed by atoms with Gasteiger partial charge in [0.2, 0.25) is 0 Å². The number of pyridine rings is 1. The second kappa shape index (κ2) is 6.23. The first-order chi connectivity index (χ1) is 7.63. The molecule has 0 unspecified atom stereocenters. The Bertz CT molecular complexity index is 349. The van der Waals surface area contributed by atoms with Crippen LogP contribution in [-0.2, 0) is 6.54 Å². The van der Waals surface area contributed by atoms with Crippen molar-refractivity contribution < 1.29 is 0 Å². The Hall–Kier alpha value is -1.42. The van der Waals surface area contributed by atoms with Crippen LogP contribution in [0.25, 0.3) is 0 Å². The van der Waals surface area contributed by atoms with Crippen molar-refractivity contribution in [2.75, 3.05) is 13.1 Å². The summed E-state index contributed by atoms with van der Waals surface area (Å²) in [6, 6.07) is 4.02. The van der Waals surface area contributed by atoms with E-state index in [4.69, 9.17) is 11.1 Å². The zero-order valence-electron chi connectivity index (χ0n) is 10.0. The van der Waals surface area contributed by atoms with E-state index >= 15 is 0 Å². The maximum absolute atomic E-state index is 7.22. The molecule has 1 aromatic rings. The highest BCUT2D eigenvalue weighted by Crippen LogP contribution is 2.07. The Morgan fingerprint density at radius 2 is 2.31 bits per heavy atom. The molecule has 0 aliphatic heterocycles. The predicted molar refractivity (Wildman–Crippen MR) is 66.5 cm³/mol. The van der Waals surface area contributed by atoms with Crippen molar-refractivity contribution >= 4 is 5.84 Å². The summed E-state index contributed by atoms with van der Waals surface area (Å²) in [5, 5.41) is 7.22. The first-order valence-electron chi connectivity index (χ1n) is 5.59. The number of nitrogens with two attached hydrogens (primary N) is 1. The minimum Gasteiger partial charge on any atom is -0.388 e. The summed E-state index contributed by atoms with van der Waals surface area (Å²) >= 11 is 0. The Kier molecular flexibility index (Phi) is 4.92. The molecular formula is C12H20N4. The standard InChI is InChI=1S/C12H20N4/c1-3-16(8-6-12(13)14)9-11-10(2)5-4-7-15-11/h4-5,7H,3,6,8-9H2,1-2H3,(H3,13,14). The minimum absolute atomic E-state index is 0.246. The van der Waals surface area contributed by atoms with Crippen LogP contribution in [0.15, 0.2) is 18.3 Å². The summed E-state index contributed by atoms with van der Waals surface area (Å²) in [4.78, 5) is 6.61. The number of hydrogen-bond acceptors (Lipinski definition) is 3. The molecular weight excluding hydrogens is 200 g/mol. The van der Waals surface area contributed by atoms with E-state index < -0.39 is 0 Å². The van der Waals surface area contributed by atoms with E-state index in [9.17, 15) is 0 Å². The highest BCUT2D eigenvalue weighted by Gasteiger charge is 2.06. The van der Waals surface area contributed by atoms with Crippen molar-refractivity contribution in [1.82, 2.24) is 9.88 Å².